The Hall–Kier alpha value is -3.06. The molecule has 2 fully saturated rings. The van der Waals surface area contributed by atoms with E-state index in [4.69, 9.17) is 4.42 Å². The van der Waals surface area contributed by atoms with E-state index < -0.39 is 0 Å². The number of amides is 2. The molecule has 156 valence electrons. The molecule has 1 aliphatic carbocycles. The summed E-state index contributed by atoms with van der Waals surface area (Å²) >= 11 is 0. The quantitative estimate of drug-likeness (QED) is 0.691. The van der Waals surface area contributed by atoms with Crippen LogP contribution in [-0.2, 0) is 5.54 Å². The Kier molecular flexibility index (Phi) is 4.25. The number of hydrogen-bond donors (Lipinski definition) is 2. The lowest BCUT2D eigenvalue weighted by atomic mass is 9.69. The number of fused-ring (bicyclic) bond motifs is 1. The second-order valence-corrected chi connectivity index (χ2v) is 8.71. The van der Waals surface area contributed by atoms with Crippen LogP contribution in [0.5, 0.6) is 6.08 Å². The van der Waals surface area contributed by atoms with Crippen molar-refractivity contribution in [2.24, 2.45) is 0 Å². The van der Waals surface area contributed by atoms with E-state index in [0.717, 1.165) is 25.7 Å². The molecule has 2 aliphatic rings. The normalized spacial score (nSPS) is 26.6. The molecule has 7 nitrogen and oxygen atoms in total. The lowest BCUT2D eigenvalue weighted by Crippen LogP contribution is -2.54. The van der Waals surface area contributed by atoms with E-state index in [-0.39, 0.29) is 23.2 Å². The van der Waals surface area contributed by atoms with E-state index in [1.165, 1.54) is 5.56 Å². The molecule has 0 bridgehead atoms. The van der Waals surface area contributed by atoms with Crippen LogP contribution in [0.3, 0.4) is 0 Å². The summed E-state index contributed by atoms with van der Waals surface area (Å²) in [5, 5.41) is 12.9. The number of carbonyl (C=O) groups is 1. The Morgan fingerprint density at radius 3 is 2.50 bits per heavy atom. The molecule has 0 atom stereocenters. The van der Waals surface area contributed by atoms with Gasteiger partial charge in [-0.1, -0.05) is 36.4 Å². The van der Waals surface area contributed by atoms with Crippen molar-refractivity contribution >= 4 is 22.8 Å². The molecule has 2 N–H and O–H groups in total. The molecule has 5 rings (SSSR count). The maximum atomic E-state index is 12.9. The first-order valence-corrected chi connectivity index (χ1v) is 10.3. The summed E-state index contributed by atoms with van der Waals surface area (Å²) in [6.45, 7) is 0.574. The highest BCUT2D eigenvalue weighted by Crippen LogP contribution is 2.46. The molecule has 3 aromatic rings. The minimum Gasteiger partial charge on any atom is -0.466 e. The number of rotatable bonds is 3. The summed E-state index contributed by atoms with van der Waals surface area (Å²) in [7, 11) is 4.28. The van der Waals surface area contributed by atoms with Gasteiger partial charge in [-0.05, 0) is 57.5 Å². The fraction of sp³-hybridized carbons (Fsp3) is 0.391. The molecule has 7 heteroatoms. The monoisotopic (exact) mass is 406 g/mol. The van der Waals surface area contributed by atoms with Crippen molar-refractivity contribution in [2.45, 2.75) is 36.8 Å². The van der Waals surface area contributed by atoms with E-state index in [0.29, 0.717) is 23.3 Å². The second kappa shape index (κ2) is 6.74. The van der Waals surface area contributed by atoms with Gasteiger partial charge in [0.25, 0.3) is 0 Å². The molecule has 1 spiro atoms. The van der Waals surface area contributed by atoms with Gasteiger partial charge in [-0.3, -0.25) is 9.80 Å². The number of aromatic nitrogens is 1. The van der Waals surface area contributed by atoms with Gasteiger partial charge < -0.3 is 14.8 Å². The average molecular weight is 406 g/mol. The molecule has 0 radical (unpaired) electrons. The minimum atomic E-state index is -0.386. The number of aromatic hydroxyl groups is 1. The number of nitrogens with one attached hydrogen (secondary N) is 1. The molecule has 1 aromatic heterocycles. The lowest BCUT2D eigenvalue weighted by Gasteiger charge is -2.48. The smallest absolute Gasteiger partial charge is 0.392 e. The molecular formula is C23H26N4O3. The van der Waals surface area contributed by atoms with Gasteiger partial charge in [0.2, 0.25) is 0 Å². The van der Waals surface area contributed by atoms with Crippen molar-refractivity contribution in [1.29, 1.82) is 0 Å². The standard InChI is InChI=1S/C23H26N4O3/c1-26(2)23(16-7-4-3-5-8-16)13-11-22(12-14-23)15-27(20(28)25-22)18-10-6-9-17-19(18)30-21(29)24-17/h3-10H,11-15H2,1-2H3,(H,24,29)(H,25,28)/t22-,23-. The zero-order chi connectivity index (χ0) is 20.9. The zero-order valence-corrected chi connectivity index (χ0v) is 17.3. The highest BCUT2D eigenvalue weighted by atomic mass is 16.5. The molecular weight excluding hydrogens is 380 g/mol. The number of oxazole rings is 1. The number of carbonyl (C=O) groups excluding carboxylic acids is 1. The molecule has 0 unspecified atom stereocenters. The van der Waals surface area contributed by atoms with Gasteiger partial charge in [0.1, 0.15) is 5.52 Å². The van der Waals surface area contributed by atoms with Crippen LogP contribution in [-0.4, -0.2) is 47.2 Å². The van der Waals surface area contributed by atoms with Gasteiger partial charge >= 0.3 is 12.1 Å². The predicted molar refractivity (Wildman–Crippen MR) is 115 cm³/mol. The number of nitrogens with zero attached hydrogens (tertiary/aromatic N) is 3. The van der Waals surface area contributed by atoms with E-state index in [1.54, 1.807) is 11.0 Å². The topological polar surface area (TPSA) is 81.8 Å². The maximum Gasteiger partial charge on any atom is 0.392 e. The third-order valence-electron chi connectivity index (χ3n) is 6.95. The molecule has 1 saturated heterocycles. The van der Waals surface area contributed by atoms with Crippen molar-refractivity contribution in [2.75, 3.05) is 25.5 Å². The summed E-state index contributed by atoms with van der Waals surface area (Å²) in [4.78, 5) is 21.0. The summed E-state index contributed by atoms with van der Waals surface area (Å²) in [6, 6.07) is 15.9. The van der Waals surface area contributed by atoms with E-state index >= 15 is 0 Å². The Morgan fingerprint density at radius 1 is 1.07 bits per heavy atom. The number of urea groups is 1. The molecule has 2 amide bonds. The Morgan fingerprint density at radius 2 is 1.80 bits per heavy atom. The van der Waals surface area contributed by atoms with Crippen molar-refractivity contribution in [3.05, 3.63) is 54.1 Å². The number of hydrogen-bond acceptors (Lipinski definition) is 5. The molecule has 2 heterocycles. The average Bonchev–Trinajstić information content (AvgIpc) is 3.28. The number of para-hydroxylation sites is 1. The lowest BCUT2D eigenvalue weighted by molar-refractivity contribution is 0.0658. The van der Waals surface area contributed by atoms with Gasteiger partial charge in [-0.15, -0.1) is 0 Å². The minimum absolute atomic E-state index is 0.0264. The van der Waals surface area contributed by atoms with Crippen LogP contribution in [0.1, 0.15) is 31.2 Å². The summed E-state index contributed by atoms with van der Waals surface area (Å²) in [5.41, 5.74) is 2.65. The second-order valence-electron chi connectivity index (χ2n) is 8.71. The van der Waals surface area contributed by atoms with Crippen LogP contribution in [0.15, 0.2) is 52.9 Å². The highest BCUT2D eigenvalue weighted by Gasteiger charge is 2.50. The van der Waals surface area contributed by atoms with Gasteiger partial charge in [0.05, 0.1) is 17.8 Å². The summed E-state index contributed by atoms with van der Waals surface area (Å²) < 4.78 is 5.37. The van der Waals surface area contributed by atoms with Crippen LogP contribution in [0.25, 0.3) is 11.1 Å². The summed E-state index contributed by atoms with van der Waals surface area (Å²) in [5.74, 6) is 0. The number of anilines is 1. The highest BCUT2D eigenvalue weighted by molar-refractivity contribution is 6.02. The van der Waals surface area contributed by atoms with Gasteiger partial charge in [-0.25, -0.2) is 4.79 Å². The predicted octanol–water partition coefficient (Wildman–Crippen LogP) is 3.83. The SMILES string of the molecule is CN(C)[C@]1(c2ccccc2)CC[C@@]2(CC1)CN(c1cccc3nc(O)oc13)C(=O)N2. The summed E-state index contributed by atoms with van der Waals surface area (Å²) in [6.07, 6.45) is 3.32. The third-order valence-corrected chi connectivity index (χ3v) is 6.95. The van der Waals surface area contributed by atoms with Crippen LogP contribution >= 0.6 is 0 Å². The molecule has 30 heavy (non-hydrogen) atoms. The first-order valence-electron chi connectivity index (χ1n) is 10.3. The molecule has 1 aliphatic heterocycles. The van der Waals surface area contributed by atoms with Crippen molar-refractivity contribution in [1.82, 2.24) is 15.2 Å². The largest absolute Gasteiger partial charge is 0.466 e. The maximum absolute atomic E-state index is 12.9. The Bertz CT molecular complexity index is 1080. The fourth-order valence-corrected chi connectivity index (χ4v) is 5.21. The number of benzene rings is 2. The van der Waals surface area contributed by atoms with Crippen LogP contribution in [0, 0.1) is 0 Å². The van der Waals surface area contributed by atoms with Gasteiger partial charge in [0, 0.05) is 5.54 Å². The van der Waals surface area contributed by atoms with Crippen LogP contribution in [0.4, 0.5) is 10.5 Å². The first-order chi connectivity index (χ1) is 14.4. The van der Waals surface area contributed by atoms with E-state index in [1.807, 2.05) is 18.2 Å². The Labute approximate surface area is 175 Å². The zero-order valence-electron chi connectivity index (χ0n) is 17.3. The van der Waals surface area contributed by atoms with Crippen LogP contribution < -0.4 is 10.2 Å². The molecule has 1 saturated carbocycles. The third kappa shape index (κ3) is 2.84. The van der Waals surface area contributed by atoms with Crippen molar-refractivity contribution < 1.29 is 14.3 Å². The molecule has 2 aromatic carbocycles. The first kappa shape index (κ1) is 18.9. The fourth-order valence-electron chi connectivity index (χ4n) is 5.21. The van der Waals surface area contributed by atoms with E-state index in [2.05, 4.69) is 53.6 Å². The van der Waals surface area contributed by atoms with Crippen LogP contribution in [0.2, 0.25) is 0 Å². The Balaban J connectivity index is 1.42. The van der Waals surface area contributed by atoms with Crippen molar-refractivity contribution in [3.8, 4) is 6.08 Å². The van der Waals surface area contributed by atoms with Crippen molar-refractivity contribution in [3.63, 3.8) is 0 Å². The van der Waals surface area contributed by atoms with E-state index in [9.17, 15) is 9.90 Å². The van der Waals surface area contributed by atoms with Gasteiger partial charge in [0.15, 0.2) is 5.58 Å². The van der Waals surface area contributed by atoms with Gasteiger partial charge in [-0.2, -0.15) is 4.98 Å².